The Morgan fingerprint density at radius 2 is 1.48 bits per heavy atom. The zero-order chi connectivity index (χ0) is 29.3. The zero-order valence-corrected chi connectivity index (χ0v) is 24.3. The van der Waals surface area contributed by atoms with E-state index in [0.717, 1.165) is 26.7 Å². The highest BCUT2D eigenvalue weighted by atomic mass is 79.9. The van der Waals surface area contributed by atoms with Crippen LogP contribution in [0.25, 0.3) is 6.08 Å². The summed E-state index contributed by atoms with van der Waals surface area (Å²) in [5, 5.41) is 10.9. The summed E-state index contributed by atoms with van der Waals surface area (Å²) in [4.78, 5) is 30.2. The van der Waals surface area contributed by atoms with Crippen molar-refractivity contribution in [2.24, 2.45) is 5.41 Å². The predicted octanol–water partition coefficient (Wildman–Crippen LogP) is 6.96. The van der Waals surface area contributed by atoms with Gasteiger partial charge < -0.3 is 14.4 Å². The Kier molecular flexibility index (Phi) is 7.40. The summed E-state index contributed by atoms with van der Waals surface area (Å²) >= 11 is 3.48. The first kappa shape index (κ1) is 27.5. The average Bonchev–Trinajstić information content (AvgIpc) is 3.36. The summed E-state index contributed by atoms with van der Waals surface area (Å²) in [6, 6.07) is 34.6. The highest BCUT2D eigenvalue weighted by molar-refractivity contribution is 9.10. The van der Waals surface area contributed by atoms with Crippen LogP contribution in [0, 0.1) is 16.7 Å². The van der Waals surface area contributed by atoms with Gasteiger partial charge in [0.25, 0.3) is 0 Å². The van der Waals surface area contributed by atoms with Crippen LogP contribution in [0.4, 0.5) is 0 Å². The summed E-state index contributed by atoms with van der Waals surface area (Å²) in [6.45, 7) is 0. The van der Waals surface area contributed by atoms with Crippen molar-refractivity contribution in [2.75, 3.05) is 7.11 Å². The van der Waals surface area contributed by atoms with Crippen LogP contribution < -0.4 is 0 Å². The summed E-state index contributed by atoms with van der Waals surface area (Å²) in [5.74, 6) is -2.14. The van der Waals surface area contributed by atoms with Crippen molar-refractivity contribution in [1.82, 2.24) is 4.90 Å². The summed E-state index contributed by atoms with van der Waals surface area (Å²) in [6.07, 6.45) is 3.01. The van der Waals surface area contributed by atoms with Gasteiger partial charge in [-0.1, -0.05) is 113 Å². The lowest BCUT2D eigenvalue weighted by Crippen LogP contribution is -2.41. The molecule has 0 aliphatic carbocycles. The van der Waals surface area contributed by atoms with Crippen LogP contribution in [-0.2, 0) is 19.1 Å². The number of carbonyl (C=O) groups excluding carboxylic acids is 2. The molecule has 0 N–H and O–H groups in total. The minimum atomic E-state index is -1.75. The molecule has 0 radical (unpaired) electrons. The molecule has 0 saturated carbocycles. The van der Waals surface area contributed by atoms with Crippen molar-refractivity contribution in [3.63, 3.8) is 0 Å². The van der Waals surface area contributed by atoms with Crippen LogP contribution >= 0.6 is 15.9 Å². The molecule has 0 spiro atoms. The second kappa shape index (κ2) is 11.3. The molecule has 4 aromatic carbocycles. The van der Waals surface area contributed by atoms with Crippen molar-refractivity contribution in [3.8, 4) is 6.07 Å². The maximum absolute atomic E-state index is 14.6. The van der Waals surface area contributed by atoms with Gasteiger partial charge in [0.1, 0.15) is 6.04 Å². The molecule has 2 heterocycles. The summed E-state index contributed by atoms with van der Waals surface area (Å²) in [5.41, 5.74) is 2.17. The number of fused-ring (bicyclic) bond motifs is 3. The maximum atomic E-state index is 14.6. The van der Waals surface area contributed by atoms with E-state index in [9.17, 15) is 14.9 Å². The van der Waals surface area contributed by atoms with Gasteiger partial charge in [0.05, 0.1) is 19.2 Å². The van der Waals surface area contributed by atoms with Gasteiger partial charge in [-0.25, -0.2) is 4.79 Å². The molecular weight excluding hydrogens is 592 g/mol. The van der Waals surface area contributed by atoms with E-state index in [4.69, 9.17) is 9.47 Å². The van der Waals surface area contributed by atoms with Crippen LogP contribution in [0.5, 0.6) is 0 Å². The van der Waals surface area contributed by atoms with E-state index in [0.29, 0.717) is 5.56 Å². The Balaban J connectivity index is 1.54. The second-order valence-corrected chi connectivity index (χ2v) is 11.3. The first-order valence-corrected chi connectivity index (χ1v) is 14.4. The lowest BCUT2D eigenvalue weighted by molar-refractivity contribution is -0.153. The van der Waals surface area contributed by atoms with Gasteiger partial charge in [-0.3, -0.25) is 4.79 Å². The largest absolute Gasteiger partial charge is 0.468 e. The lowest BCUT2D eigenvalue weighted by atomic mass is 9.67. The molecule has 0 unspecified atom stereocenters. The Labute approximate surface area is 252 Å². The van der Waals surface area contributed by atoms with Crippen LogP contribution in [0.2, 0.25) is 0 Å². The number of rotatable bonds is 6. The number of hydrogen-bond acceptors (Lipinski definition) is 6. The van der Waals surface area contributed by atoms with E-state index in [2.05, 4.69) is 22.0 Å². The quantitative estimate of drug-likeness (QED) is 0.217. The number of esters is 2. The molecule has 2 aliphatic heterocycles. The molecule has 1 fully saturated rings. The number of halogens is 1. The fraction of sp³-hybridized carbons (Fsp3) is 0.171. The van der Waals surface area contributed by atoms with Crippen LogP contribution in [0.15, 0.2) is 120 Å². The van der Waals surface area contributed by atoms with E-state index in [1.165, 1.54) is 7.11 Å². The number of nitriles is 1. The van der Waals surface area contributed by atoms with Gasteiger partial charge in [-0.05, 0) is 46.0 Å². The zero-order valence-electron chi connectivity index (χ0n) is 22.8. The monoisotopic (exact) mass is 618 g/mol. The number of ether oxygens (including phenoxy) is 2. The van der Waals surface area contributed by atoms with E-state index < -0.39 is 41.5 Å². The number of nitrogens with zero attached hydrogens (tertiary/aromatic N) is 2. The van der Waals surface area contributed by atoms with E-state index >= 15 is 0 Å². The number of benzene rings is 4. The molecular formula is C35H27BrN2O4. The second-order valence-electron chi connectivity index (χ2n) is 10.4. The minimum absolute atomic E-state index is 0.546. The standard InChI is InChI=1S/C35H27BrN2O4/c1-41-34(40)35(22-37)29(24-16-18-27(36)19-17-24)30(38-21-20-23-10-8-9-15-28(23)32(35)38)33(39)42-31(25-11-4-2-5-12-25)26-13-6-3-7-14-26/h2-21,29-32H,1H3/t29-,30-,32-,35-/m1/s1. The van der Waals surface area contributed by atoms with Crippen LogP contribution in [0.3, 0.4) is 0 Å². The van der Waals surface area contributed by atoms with Crippen molar-refractivity contribution >= 4 is 33.9 Å². The molecule has 208 valence electrons. The Bertz CT molecular complexity index is 1640. The molecule has 1 saturated heterocycles. The molecule has 6 rings (SSSR count). The topological polar surface area (TPSA) is 79.6 Å². The van der Waals surface area contributed by atoms with Gasteiger partial charge in [-0.2, -0.15) is 5.26 Å². The van der Waals surface area contributed by atoms with Gasteiger partial charge in [-0.15, -0.1) is 0 Å². The van der Waals surface area contributed by atoms with E-state index in [1.54, 1.807) is 6.20 Å². The molecule has 4 aromatic rings. The molecule has 2 aliphatic rings. The van der Waals surface area contributed by atoms with Crippen molar-refractivity contribution in [2.45, 2.75) is 24.1 Å². The highest BCUT2D eigenvalue weighted by Gasteiger charge is 2.68. The van der Waals surface area contributed by atoms with Crippen molar-refractivity contribution in [1.29, 1.82) is 5.26 Å². The third-order valence-electron chi connectivity index (χ3n) is 8.19. The SMILES string of the molecule is COC(=O)[C@]1(C#N)[C@H](c2ccc(Br)cc2)[C@H](C(=O)OC(c2ccccc2)c2ccccc2)N2C=Cc3ccccc3[C@@H]21. The first-order chi connectivity index (χ1) is 20.5. The minimum Gasteiger partial charge on any atom is -0.468 e. The molecule has 0 amide bonds. The highest BCUT2D eigenvalue weighted by Crippen LogP contribution is 2.60. The number of methoxy groups -OCH3 is 1. The Morgan fingerprint density at radius 1 is 0.881 bits per heavy atom. The third-order valence-corrected chi connectivity index (χ3v) is 8.72. The van der Waals surface area contributed by atoms with Gasteiger partial charge >= 0.3 is 11.9 Å². The first-order valence-electron chi connectivity index (χ1n) is 13.6. The van der Waals surface area contributed by atoms with Crippen LogP contribution in [0.1, 0.15) is 45.9 Å². The van der Waals surface area contributed by atoms with Crippen LogP contribution in [-0.4, -0.2) is 30.0 Å². The third kappa shape index (κ3) is 4.49. The normalized spacial score (nSPS) is 22.1. The lowest BCUT2D eigenvalue weighted by Gasteiger charge is -2.36. The molecule has 42 heavy (non-hydrogen) atoms. The fourth-order valence-electron chi connectivity index (χ4n) is 6.38. The average molecular weight is 620 g/mol. The molecule has 4 atom stereocenters. The predicted molar refractivity (Wildman–Crippen MR) is 162 cm³/mol. The summed E-state index contributed by atoms with van der Waals surface area (Å²) in [7, 11) is 1.28. The molecule has 0 bridgehead atoms. The fourth-order valence-corrected chi connectivity index (χ4v) is 6.64. The van der Waals surface area contributed by atoms with Gasteiger partial charge in [0, 0.05) is 16.6 Å². The summed E-state index contributed by atoms with van der Waals surface area (Å²) < 4.78 is 12.6. The molecule has 6 nitrogen and oxygen atoms in total. The maximum Gasteiger partial charge on any atom is 0.330 e. The van der Waals surface area contributed by atoms with E-state index in [-0.39, 0.29) is 0 Å². The van der Waals surface area contributed by atoms with Gasteiger partial charge in [0.2, 0.25) is 0 Å². The Hall–Kier alpha value is -4.67. The van der Waals surface area contributed by atoms with Crippen molar-refractivity contribution in [3.05, 3.63) is 148 Å². The van der Waals surface area contributed by atoms with Gasteiger partial charge in [0.15, 0.2) is 11.5 Å². The van der Waals surface area contributed by atoms with Crippen molar-refractivity contribution < 1.29 is 19.1 Å². The molecule has 7 heteroatoms. The number of hydrogen-bond donors (Lipinski definition) is 0. The molecule has 0 aromatic heterocycles. The smallest absolute Gasteiger partial charge is 0.330 e. The number of carbonyl (C=O) groups is 2. The van der Waals surface area contributed by atoms with E-state index in [1.807, 2.05) is 120 Å². The Morgan fingerprint density at radius 3 is 2.07 bits per heavy atom.